The second-order valence-electron chi connectivity index (χ2n) is 4.52. The first-order chi connectivity index (χ1) is 9.61. The first-order valence-electron chi connectivity index (χ1n) is 6.53. The van der Waals surface area contributed by atoms with Gasteiger partial charge in [0.05, 0.1) is 6.61 Å². The molecule has 0 spiro atoms. The van der Waals surface area contributed by atoms with Crippen molar-refractivity contribution in [3.63, 3.8) is 0 Å². The van der Waals surface area contributed by atoms with Crippen LogP contribution in [0.25, 0.3) is 0 Å². The van der Waals surface area contributed by atoms with E-state index in [1.165, 1.54) is 0 Å². The van der Waals surface area contributed by atoms with Gasteiger partial charge in [-0.25, -0.2) is 0 Å². The van der Waals surface area contributed by atoms with Crippen molar-refractivity contribution in [1.82, 2.24) is 0 Å². The Hall–Kier alpha value is -1.22. The number of hydrogen-bond acceptors (Lipinski definition) is 2. The van der Waals surface area contributed by atoms with Gasteiger partial charge in [0, 0.05) is 16.1 Å². The Labute approximate surface area is 129 Å². The van der Waals surface area contributed by atoms with Crippen molar-refractivity contribution in [2.24, 2.45) is 5.73 Å². The summed E-state index contributed by atoms with van der Waals surface area (Å²) in [6, 6.07) is 13.1. The van der Waals surface area contributed by atoms with Gasteiger partial charge in [-0.2, -0.15) is 0 Å². The summed E-state index contributed by atoms with van der Waals surface area (Å²) >= 11 is 12.4. The third-order valence-electron chi connectivity index (χ3n) is 3.08. The van der Waals surface area contributed by atoms with Crippen molar-refractivity contribution < 1.29 is 4.74 Å². The molecule has 0 aromatic heterocycles. The zero-order valence-electron chi connectivity index (χ0n) is 11.3. The average molecular weight is 310 g/mol. The predicted molar refractivity (Wildman–Crippen MR) is 84.7 cm³/mol. The Bertz CT molecular complexity index is 566. The molecule has 2 aromatic carbocycles. The lowest BCUT2D eigenvalue weighted by Crippen LogP contribution is -2.14. The van der Waals surface area contributed by atoms with Gasteiger partial charge in [0.2, 0.25) is 0 Å². The van der Waals surface area contributed by atoms with Crippen molar-refractivity contribution in [3.8, 4) is 5.75 Å². The molecule has 4 heteroatoms. The van der Waals surface area contributed by atoms with Crippen LogP contribution in [0.15, 0.2) is 42.5 Å². The van der Waals surface area contributed by atoms with Gasteiger partial charge < -0.3 is 10.5 Å². The largest absolute Gasteiger partial charge is 0.494 e. The number of benzene rings is 2. The van der Waals surface area contributed by atoms with Crippen LogP contribution in [0.1, 0.15) is 24.1 Å². The summed E-state index contributed by atoms with van der Waals surface area (Å²) in [7, 11) is 0. The van der Waals surface area contributed by atoms with Crippen LogP contribution < -0.4 is 10.5 Å². The van der Waals surface area contributed by atoms with Crippen molar-refractivity contribution in [3.05, 3.63) is 63.6 Å². The highest BCUT2D eigenvalue weighted by Crippen LogP contribution is 2.29. The minimum atomic E-state index is -0.173. The summed E-state index contributed by atoms with van der Waals surface area (Å²) in [4.78, 5) is 0. The SMILES string of the molecule is CCOc1cccc(C(N)Cc2c(Cl)cccc2Cl)c1. The van der Waals surface area contributed by atoms with E-state index in [2.05, 4.69) is 0 Å². The monoisotopic (exact) mass is 309 g/mol. The quantitative estimate of drug-likeness (QED) is 0.873. The molecule has 2 N–H and O–H groups in total. The van der Waals surface area contributed by atoms with Crippen LogP contribution in [-0.4, -0.2) is 6.61 Å². The third-order valence-corrected chi connectivity index (χ3v) is 3.79. The van der Waals surface area contributed by atoms with Gasteiger partial charge in [0.1, 0.15) is 5.75 Å². The fourth-order valence-electron chi connectivity index (χ4n) is 2.07. The molecule has 0 aliphatic heterocycles. The predicted octanol–water partition coefficient (Wildman–Crippen LogP) is 4.63. The first kappa shape index (κ1) is 15.2. The van der Waals surface area contributed by atoms with Gasteiger partial charge in [0.25, 0.3) is 0 Å². The van der Waals surface area contributed by atoms with Crippen LogP contribution in [0.5, 0.6) is 5.75 Å². The van der Waals surface area contributed by atoms with E-state index in [1.54, 1.807) is 0 Å². The summed E-state index contributed by atoms with van der Waals surface area (Å²) in [5, 5.41) is 1.29. The lowest BCUT2D eigenvalue weighted by molar-refractivity contribution is 0.339. The second-order valence-corrected chi connectivity index (χ2v) is 5.33. The van der Waals surface area contributed by atoms with Gasteiger partial charge in [0.15, 0.2) is 0 Å². The topological polar surface area (TPSA) is 35.2 Å². The van der Waals surface area contributed by atoms with Crippen LogP contribution >= 0.6 is 23.2 Å². The molecule has 0 radical (unpaired) electrons. The highest BCUT2D eigenvalue weighted by Gasteiger charge is 2.13. The van der Waals surface area contributed by atoms with Crippen molar-refractivity contribution in [1.29, 1.82) is 0 Å². The van der Waals surface area contributed by atoms with Crippen molar-refractivity contribution >= 4 is 23.2 Å². The van der Waals surface area contributed by atoms with Crippen molar-refractivity contribution in [2.75, 3.05) is 6.61 Å². The Morgan fingerprint density at radius 2 is 1.75 bits per heavy atom. The van der Waals surface area contributed by atoms with Crippen LogP contribution in [-0.2, 0) is 6.42 Å². The van der Waals surface area contributed by atoms with E-state index >= 15 is 0 Å². The molecule has 0 bridgehead atoms. The molecule has 0 aliphatic rings. The van der Waals surface area contributed by atoms with Crippen molar-refractivity contribution in [2.45, 2.75) is 19.4 Å². The van der Waals surface area contributed by atoms with Gasteiger partial charge in [-0.1, -0.05) is 41.4 Å². The lowest BCUT2D eigenvalue weighted by Gasteiger charge is -2.15. The number of rotatable bonds is 5. The number of ether oxygens (including phenoxy) is 1. The number of hydrogen-bond donors (Lipinski definition) is 1. The Balaban J connectivity index is 2.19. The summed E-state index contributed by atoms with van der Waals surface area (Å²) in [6.07, 6.45) is 0.591. The Morgan fingerprint density at radius 1 is 1.10 bits per heavy atom. The van der Waals surface area contributed by atoms with Crippen LogP contribution in [0.2, 0.25) is 10.0 Å². The molecule has 0 aliphatic carbocycles. The number of halogens is 2. The summed E-state index contributed by atoms with van der Waals surface area (Å²) < 4.78 is 5.49. The minimum Gasteiger partial charge on any atom is -0.494 e. The molecule has 106 valence electrons. The van der Waals surface area contributed by atoms with E-state index in [1.807, 2.05) is 49.4 Å². The zero-order valence-corrected chi connectivity index (χ0v) is 12.8. The maximum Gasteiger partial charge on any atom is 0.119 e. The molecule has 2 aromatic rings. The molecule has 0 fully saturated rings. The maximum absolute atomic E-state index is 6.26. The third kappa shape index (κ3) is 3.66. The molecule has 20 heavy (non-hydrogen) atoms. The van der Waals surface area contributed by atoms with E-state index < -0.39 is 0 Å². The highest BCUT2D eigenvalue weighted by atomic mass is 35.5. The van der Waals surface area contributed by atoms with E-state index in [0.717, 1.165) is 16.9 Å². The van der Waals surface area contributed by atoms with Gasteiger partial charge in [-0.15, -0.1) is 0 Å². The highest BCUT2D eigenvalue weighted by molar-refractivity contribution is 6.36. The standard InChI is InChI=1S/C16H17Cl2NO/c1-2-20-12-6-3-5-11(9-12)16(19)10-13-14(17)7-4-8-15(13)18/h3-9,16H,2,10,19H2,1H3. The summed E-state index contributed by atoms with van der Waals surface area (Å²) in [5.74, 6) is 0.825. The first-order valence-corrected chi connectivity index (χ1v) is 7.28. The lowest BCUT2D eigenvalue weighted by atomic mass is 9.99. The van der Waals surface area contributed by atoms with E-state index in [4.69, 9.17) is 33.7 Å². The van der Waals surface area contributed by atoms with Crippen LogP contribution in [0, 0.1) is 0 Å². The smallest absolute Gasteiger partial charge is 0.119 e. The number of nitrogens with two attached hydrogens (primary N) is 1. The zero-order chi connectivity index (χ0) is 14.5. The van der Waals surface area contributed by atoms with Gasteiger partial charge in [-0.05, 0) is 48.7 Å². The fraction of sp³-hybridized carbons (Fsp3) is 0.250. The molecule has 2 nitrogen and oxygen atoms in total. The van der Waals surface area contributed by atoms with E-state index in [9.17, 15) is 0 Å². The minimum absolute atomic E-state index is 0.173. The molecule has 0 heterocycles. The Kier molecular flexibility index (Phi) is 5.30. The van der Waals surface area contributed by atoms with Crippen LogP contribution in [0.4, 0.5) is 0 Å². The molecule has 0 saturated heterocycles. The maximum atomic E-state index is 6.26. The molecule has 0 saturated carbocycles. The van der Waals surface area contributed by atoms with Gasteiger partial charge >= 0.3 is 0 Å². The fourth-order valence-corrected chi connectivity index (χ4v) is 2.62. The molecule has 1 unspecified atom stereocenters. The average Bonchev–Trinajstić information content (AvgIpc) is 2.43. The van der Waals surface area contributed by atoms with Crippen LogP contribution in [0.3, 0.4) is 0 Å². The van der Waals surface area contributed by atoms with Gasteiger partial charge in [-0.3, -0.25) is 0 Å². The molecule has 0 amide bonds. The second kappa shape index (κ2) is 6.98. The summed E-state index contributed by atoms with van der Waals surface area (Å²) in [6.45, 7) is 2.59. The normalized spacial score (nSPS) is 12.2. The molecule has 1 atom stereocenters. The molecule has 2 rings (SSSR count). The summed E-state index contributed by atoms with van der Waals surface area (Å²) in [5.41, 5.74) is 8.14. The molecular formula is C16H17Cl2NO. The van der Waals surface area contributed by atoms with E-state index in [0.29, 0.717) is 23.1 Å². The van der Waals surface area contributed by atoms with E-state index in [-0.39, 0.29) is 6.04 Å². The molecular weight excluding hydrogens is 293 g/mol. The Morgan fingerprint density at radius 3 is 2.40 bits per heavy atom.